The van der Waals surface area contributed by atoms with E-state index in [1.54, 1.807) is 37.4 Å². The Bertz CT molecular complexity index is 730. The number of nitrogens with zero attached hydrogens (tertiary/aromatic N) is 1. The maximum Gasteiger partial charge on any atom is 0.271 e. The highest BCUT2D eigenvalue weighted by Crippen LogP contribution is 2.31. The largest absolute Gasteiger partial charge is 0.504 e. The number of phenolic OH excluding ortho intramolecular Hbond substituents is 1. The highest BCUT2D eigenvalue weighted by molar-refractivity contribution is 9.10. The number of phenols is 1. The van der Waals surface area contributed by atoms with Gasteiger partial charge in [-0.05, 0) is 52.3 Å². The van der Waals surface area contributed by atoms with Gasteiger partial charge in [-0.2, -0.15) is 5.10 Å². The normalized spacial score (nSPS) is 10.6. The van der Waals surface area contributed by atoms with Crippen molar-refractivity contribution in [2.75, 3.05) is 14.2 Å². The summed E-state index contributed by atoms with van der Waals surface area (Å²) in [7, 11) is 3.02. The van der Waals surface area contributed by atoms with Crippen molar-refractivity contribution in [2.45, 2.75) is 0 Å². The zero-order valence-electron chi connectivity index (χ0n) is 12.5. The van der Waals surface area contributed by atoms with Crippen molar-refractivity contribution < 1.29 is 19.4 Å². The maximum atomic E-state index is 11.9. The van der Waals surface area contributed by atoms with Gasteiger partial charge in [-0.15, -0.1) is 0 Å². The first-order valence-electron chi connectivity index (χ1n) is 6.59. The number of ether oxygens (including phenoxy) is 2. The van der Waals surface area contributed by atoms with E-state index in [0.717, 1.165) is 0 Å². The fourth-order valence-electron chi connectivity index (χ4n) is 1.79. The van der Waals surface area contributed by atoms with Gasteiger partial charge in [0.2, 0.25) is 0 Å². The predicted octanol–water partition coefficient (Wildman–Crippen LogP) is 2.94. The minimum Gasteiger partial charge on any atom is -0.504 e. The molecule has 0 aromatic heterocycles. The molecule has 2 rings (SSSR count). The molecule has 0 bridgehead atoms. The molecule has 0 radical (unpaired) electrons. The van der Waals surface area contributed by atoms with E-state index in [4.69, 9.17) is 9.47 Å². The van der Waals surface area contributed by atoms with E-state index in [2.05, 4.69) is 26.5 Å². The molecule has 7 heteroatoms. The number of methoxy groups -OCH3 is 2. The Morgan fingerprint density at radius 1 is 1.22 bits per heavy atom. The van der Waals surface area contributed by atoms with Crippen LogP contribution in [0.5, 0.6) is 17.2 Å². The quantitative estimate of drug-likeness (QED) is 0.619. The first kappa shape index (κ1) is 16.8. The molecular weight excluding hydrogens is 364 g/mol. The number of halogens is 1. The van der Waals surface area contributed by atoms with Gasteiger partial charge in [0.05, 0.1) is 20.4 Å². The molecule has 0 spiro atoms. The molecule has 0 aliphatic heterocycles. The Balaban J connectivity index is 2.06. The molecule has 0 fully saturated rings. The zero-order chi connectivity index (χ0) is 16.8. The number of rotatable bonds is 5. The van der Waals surface area contributed by atoms with Crippen LogP contribution in [0, 0.1) is 0 Å². The lowest BCUT2D eigenvalue weighted by Crippen LogP contribution is -2.17. The van der Waals surface area contributed by atoms with Crippen LogP contribution in [0.15, 0.2) is 46.0 Å². The first-order chi connectivity index (χ1) is 11.0. The summed E-state index contributed by atoms with van der Waals surface area (Å²) in [5, 5.41) is 13.6. The third-order valence-corrected chi connectivity index (χ3v) is 3.71. The van der Waals surface area contributed by atoms with Crippen LogP contribution in [0.1, 0.15) is 15.9 Å². The number of hydrazone groups is 1. The van der Waals surface area contributed by atoms with Crippen LogP contribution in [-0.4, -0.2) is 31.4 Å². The van der Waals surface area contributed by atoms with Crippen molar-refractivity contribution in [3.05, 3.63) is 52.0 Å². The number of nitrogens with one attached hydrogen (secondary N) is 1. The Kier molecular flexibility index (Phi) is 5.59. The standard InChI is InChI=1S/C16H15BrN2O4/c1-22-12-5-3-10(4-6-12)16(21)19-18-9-11-7-14(20)15(23-2)8-13(11)17/h3-9,20H,1-2H3,(H,19,21)/b18-9-. The van der Waals surface area contributed by atoms with Crippen LogP contribution in [0.4, 0.5) is 0 Å². The molecule has 0 saturated heterocycles. The summed E-state index contributed by atoms with van der Waals surface area (Å²) >= 11 is 3.34. The molecule has 0 aliphatic carbocycles. The minimum atomic E-state index is -0.349. The molecule has 0 unspecified atom stereocenters. The van der Waals surface area contributed by atoms with Gasteiger partial charge >= 0.3 is 0 Å². The van der Waals surface area contributed by atoms with Gasteiger partial charge in [-0.25, -0.2) is 5.43 Å². The summed E-state index contributed by atoms with van der Waals surface area (Å²) in [5.41, 5.74) is 3.47. The van der Waals surface area contributed by atoms with E-state index in [0.29, 0.717) is 27.1 Å². The molecule has 1 amide bonds. The van der Waals surface area contributed by atoms with Crippen molar-refractivity contribution in [2.24, 2.45) is 5.10 Å². The van der Waals surface area contributed by atoms with E-state index < -0.39 is 0 Å². The third kappa shape index (κ3) is 4.23. The number of benzene rings is 2. The van der Waals surface area contributed by atoms with Crippen molar-refractivity contribution in [3.8, 4) is 17.2 Å². The van der Waals surface area contributed by atoms with Crippen LogP contribution >= 0.6 is 15.9 Å². The summed E-state index contributed by atoms with van der Waals surface area (Å²) in [6.45, 7) is 0. The first-order valence-corrected chi connectivity index (χ1v) is 7.38. The van der Waals surface area contributed by atoms with E-state index in [1.807, 2.05) is 0 Å². The Morgan fingerprint density at radius 3 is 2.52 bits per heavy atom. The lowest BCUT2D eigenvalue weighted by molar-refractivity contribution is 0.0955. The monoisotopic (exact) mass is 378 g/mol. The summed E-state index contributed by atoms with van der Waals surface area (Å²) < 4.78 is 10.7. The van der Waals surface area contributed by atoms with Gasteiger partial charge in [-0.3, -0.25) is 4.79 Å². The minimum absolute atomic E-state index is 0.0152. The Morgan fingerprint density at radius 2 is 1.91 bits per heavy atom. The number of hydrogen-bond donors (Lipinski definition) is 2. The van der Waals surface area contributed by atoms with E-state index in [1.165, 1.54) is 19.4 Å². The fraction of sp³-hybridized carbons (Fsp3) is 0.125. The molecule has 6 nitrogen and oxygen atoms in total. The molecule has 2 N–H and O–H groups in total. The van der Waals surface area contributed by atoms with Gasteiger partial charge in [0.25, 0.3) is 5.91 Å². The van der Waals surface area contributed by atoms with Gasteiger partial charge in [0.15, 0.2) is 11.5 Å². The Hall–Kier alpha value is -2.54. The summed E-state index contributed by atoms with van der Waals surface area (Å²) in [4.78, 5) is 11.9. The molecule has 2 aromatic rings. The summed E-state index contributed by atoms with van der Waals surface area (Å²) in [6, 6.07) is 9.75. The maximum absolute atomic E-state index is 11.9. The van der Waals surface area contributed by atoms with Gasteiger partial charge in [0, 0.05) is 15.6 Å². The number of hydrogen-bond acceptors (Lipinski definition) is 5. The van der Waals surface area contributed by atoms with Crippen molar-refractivity contribution >= 4 is 28.1 Å². The lowest BCUT2D eigenvalue weighted by Gasteiger charge is -2.06. The molecular formula is C16H15BrN2O4. The highest BCUT2D eigenvalue weighted by atomic mass is 79.9. The predicted molar refractivity (Wildman–Crippen MR) is 90.4 cm³/mol. The molecule has 0 atom stereocenters. The third-order valence-electron chi connectivity index (χ3n) is 3.02. The Labute approximate surface area is 141 Å². The summed E-state index contributed by atoms with van der Waals surface area (Å²) in [6.07, 6.45) is 1.42. The van der Waals surface area contributed by atoms with Crippen LogP contribution in [0.3, 0.4) is 0 Å². The van der Waals surface area contributed by atoms with Crippen LogP contribution in [0.25, 0.3) is 0 Å². The smallest absolute Gasteiger partial charge is 0.271 e. The lowest BCUT2D eigenvalue weighted by atomic mass is 10.2. The second-order valence-corrected chi connectivity index (χ2v) is 5.33. The molecule has 0 saturated carbocycles. The van der Waals surface area contributed by atoms with Crippen molar-refractivity contribution in [3.63, 3.8) is 0 Å². The van der Waals surface area contributed by atoms with E-state index >= 15 is 0 Å². The van der Waals surface area contributed by atoms with Crippen molar-refractivity contribution in [1.82, 2.24) is 5.43 Å². The fourth-order valence-corrected chi connectivity index (χ4v) is 2.21. The number of aromatic hydroxyl groups is 1. The van der Waals surface area contributed by atoms with Crippen LogP contribution in [-0.2, 0) is 0 Å². The molecule has 0 heterocycles. The highest BCUT2D eigenvalue weighted by Gasteiger charge is 2.07. The van der Waals surface area contributed by atoms with Gasteiger partial charge in [0.1, 0.15) is 5.75 Å². The molecule has 23 heavy (non-hydrogen) atoms. The van der Waals surface area contributed by atoms with Crippen molar-refractivity contribution in [1.29, 1.82) is 0 Å². The molecule has 120 valence electrons. The van der Waals surface area contributed by atoms with E-state index in [-0.39, 0.29) is 11.7 Å². The van der Waals surface area contributed by atoms with E-state index in [9.17, 15) is 9.90 Å². The average molecular weight is 379 g/mol. The summed E-state index contributed by atoms with van der Waals surface area (Å²) in [5.74, 6) is 0.648. The average Bonchev–Trinajstić information content (AvgIpc) is 2.57. The molecule has 0 aliphatic rings. The van der Waals surface area contributed by atoms with Gasteiger partial charge in [-0.1, -0.05) is 0 Å². The zero-order valence-corrected chi connectivity index (χ0v) is 14.1. The number of carbonyl (C=O) groups excluding carboxylic acids is 1. The second kappa shape index (κ2) is 7.64. The van der Waals surface area contributed by atoms with Crippen LogP contribution in [0.2, 0.25) is 0 Å². The number of carbonyl (C=O) groups is 1. The molecule has 2 aromatic carbocycles. The SMILES string of the molecule is COc1ccc(C(=O)N/N=C\c2cc(O)c(OC)cc2Br)cc1. The second-order valence-electron chi connectivity index (χ2n) is 4.47. The van der Waals surface area contributed by atoms with Gasteiger partial charge < -0.3 is 14.6 Å². The van der Waals surface area contributed by atoms with Crippen LogP contribution < -0.4 is 14.9 Å². The topological polar surface area (TPSA) is 80.2 Å². The number of amides is 1.